The zero-order valence-corrected chi connectivity index (χ0v) is 21.1. The third-order valence-electron chi connectivity index (χ3n) is 4.93. The Morgan fingerprint density at radius 1 is 1.23 bits per heavy atom. The van der Waals surface area contributed by atoms with E-state index in [1.807, 2.05) is 31.5 Å². The molecule has 170 valence electrons. The van der Waals surface area contributed by atoms with Crippen LogP contribution in [0.15, 0.2) is 15.6 Å². The predicted molar refractivity (Wildman–Crippen MR) is 128 cm³/mol. The second kappa shape index (κ2) is 14.3. The van der Waals surface area contributed by atoms with Gasteiger partial charge in [0.15, 0.2) is 17.5 Å². The number of halogens is 1. The molecule has 2 aromatic heterocycles. The Bertz CT molecular complexity index is 756. The second-order valence-electron chi connectivity index (χ2n) is 6.95. The Morgan fingerprint density at radius 3 is 2.63 bits per heavy atom. The number of hydrogen-bond donors (Lipinski definition) is 2. The smallest absolute Gasteiger partial charge is 0.192 e. The predicted octanol–water partition coefficient (Wildman–Crippen LogP) is 3.30. The first-order valence-electron chi connectivity index (χ1n) is 10.5. The van der Waals surface area contributed by atoms with E-state index in [1.165, 1.54) is 0 Å². The van der Waals surface area contributed by atoms with E-state index in [9.17, 15) is 0 Å². The zero-order chi connectivity index (χ0) is 21.1. The van der Waals surface area contributed by atoms with Crippen LogP contribution in [0, 0.1) is 6.92 Å². The average molecular weight is 533 g/mol. The molecule has 0 amide bonds. The van der Waals surface area contributed by atoms with Crippen LogP contribution < -0.4 is 10.6 Å². The monoisotopic (exact) mass is 533 g/mol. The molecule has 0 aromatic carbocycles. The molecule has 0 bridgehead atoms. The third-order valence-corrected chi connectivity index (χ3v) is 4.93. The maximum absolute atomic E-state index is 5.50. The van der Waals surface area contributed by atoms with Gasteiger partial charge in [0.05, 0.1) is 12.2 Å². The van der Waals surface area contributed by atoms with Gasteiger partial charge in [-0.3, -0.25) is 0 Å². The standard InChI is InChI=1S/C20H35N7O2.HI/c1-6-16(7-2)18-12-17(29-26-18)13-22-20(21-10-9-11-28-8-3)23-14-19-25-24-15(4)27(19)5;/h12,16H,6-11,13-14H2,1-5H3,(H2,21,22,23);1H. The van der Waals surface area contributed by atoms with Gasteiger partial charge in [-0.25, -0.2) is 4.99 Å². The molecule has 2 rings (SSSR count). The van der Waals surface area contributed by atoms with Gasteiger partial charge < -0.3 is 24.5 Å². The number of nitrogens with one attached hydrogen (secondary N) is 2. The maximum atomic E-state index is 5.50. The molecule has 0 radical (unpaired) electrons. The summed E-state index contributed by atoms with van der Waals surface area (Å²) in [6, 6.07) is 2.03. The van der Waals surface area contributed by atoms with Gasteiger partial charge in [0.25, 0.3) is 0 Å². The summed E-state index contributed by atoms with van der Waals surface area (Å²) in [4.78, 5) is 4.64. The zero-order valence-electron chi connectivity index (χ0n) is 18.8. The van der Waals surface area contributed by atoms with Crippen LogP contribution in [0.4, 0.5) is 0 Å². The number of aromatic nitrogens is 4. The highest BCUT2D eigenvalue weighted by Gasteiger charge is 2.13. The fraction of sp³-hybridized carbons (Fsp3) is 0.700. The number of hydrogen-bond acceptors (Lipinski definition) is 6. The molecule has 30 heavy (non-hydrogen) atoms. The van der Waals surface area contributed by atoms with Crippen molar-refractivity contribution in [2.45, 2.75) is 66.0 Å². The molecule has 0 fully saturated rings. The van der Waals surface area contributed by atoms with Crippen molar-refractivity contribution >= 4 is 29.9 Å². The first kappa shape index (κ1) is 26.3. The number of ether oxygens (including phenoxy) is 1. The van der Waals surface area contributed by atoms with Crippen LogP contribution in [-0.4, -0.2) is 45.6 Å². The fourth-order valence-corrected chi connectivity index (χ4v) is 2.92. The van der Waals surface area contributed by atoms with Crippen molar-refractivity contribution in [2.75, 3.05) is 19.8 Å². The maximum Gasteiger partial charge on any atom is 0.192 e. The summed E-state index contributed by atoms with van der Waals surface area (Å²) in [5.74, 6) is 3.61. The minimum absolute atomic E-state index is 0. The molecule has 2 aromatic rings. The minimum atomic E-state index is 0. The Balaban J connectivity index is 0.00000450. The lowest BCUT2D eigenvalue weighted by atomic mass is 9.99. The Hall–Kier alpha value is -1.69. The van der Waals surface area contributed by atoms with Gasteiger partial charge in [0.1, 0.15) is 12.4 Å². The van der Waals surface area contributed by atoms with E-state index in [4.69, 9.17) is 9.26 Å². The Morgan fingerprint density at radius 2 is 2.00 bits per heavy atom. The molecule has 0 saturated carbocycles. The van der Waals surface area contributed by atoms with Crippen molar-refractivity contribution < 1.29 is 9.26 Å². The van der Waals surface area contributed by atoms with Gasteiger partial charge in [-0.05, 0) is 33.1 Å². The van der Waals surface area contributed by atoms with Gasteiger partial charge in [-0.1, -0.05) is 19.0 Å². The SMILES string of the molecule is CCOCCCNC(=NCc1nnc(C)n1C)NCc1cc(C(CC)CC)no1.I. The fourth-order valence-electron chi connectivity index (χ4n) is 2.92. The largest absolute Gasteiger partial charge is 0.382 e. The van der Waals surface area contributed by atoms with Crippen molar-refractivity contribution in [1.29, 1.82) is 0 Å². The lowest BCUT2D eigenvalue weighted by Crippen LogP contribution is -2.37. The highest BCUT2D eigenvalue weighted by atomic mass is 127. The van der Waals surface area contributed by atoms with Crippen LogP contribution in [0.1, 0.15) is 69.1 Å². The first-order chi connectivity index (χ1) is 14.1. The summed E-state index contributed by atoms with van der Waals surface area (Å²) >= 11 is 0. The van der Waals surface area contributed by atoms with E-state index in [-0.39, 0.29) is 24.0 Å². The van der Waals surface area contributed by atoms with Gasteiger partial charge >= 0.3 is 0 Å². The summed E-state index contributed by atoms with van der Waals surface area (Å²) < 4.78 is 12.8. The van der Waals surface area contributed by atoms with Gasteiger partial charge in [0.2, 0.25) is 0 Å². The van der Waals surface area contributed by atoms with Crippen molar-refractivity contribution in [1.82, 2.24) is 30.6 Å². The van der Waals surface area contributed by atoms with Crippen LogP contribution in [0.5, 0.6) is 0 Å². The van der Waals surface area contributed by atoms with Crippen molar-refractivity contribution in [2.24, 2.45) is 12.0 Å². The molecule has 0 atom stereocenters. The molecule has 2 heterocycles. The molecular formula is C20H36IN7O2. The van der Waals surface area contributed by atoms with Gasteiger partial charge in [-0.2, -0.15) is 0 Å². The quantitative estimate of drug-likeness (QED) is 0.187. The molecule has 0 saturated heterocycles. The summed E-state index contributed by atoms with van der Waals surface area (Å²) in [6.45, 7) is 11.4. The third kappa shape index (κ3) is 8.21. The summed E-state index contributed by atoms with van der Waals surface area (Å²) in [7, 11) is 1.94. The van der Waals surface area contributed by atoms with Crippen molar-refractivity contribution in [3.63, 3.8) is 0 Å². The van der Waals surface area contributed by atoms with Gasteiger partial charge in [-0.15, -0.1) is 34.2 Å². The molecular weight excluding hydrogens is 497 g/mol. The van der Waals surface area contributed by atoms with E-state index in [0.717, 1.165) is 62.1 Å². The average Bonchev–Trinajstić information content (AvgIpc) is 3.32. The van der Waals surface area contributed by atoms with E-state index in [1.54, 1.807) is 0 Å². The molecule has 0 spiro atoms. The lowest BCUT2D eigenvalue weighted by Gasteiger charge is -2.11. The Labute approximate surface area is 196 Å². The molecule has 0 aliphatic heterocycles. The number of nitrogens with zero attached hydrogens (tertiary/aromatic N) is 5. The van der Waals surface area contributed by atoms with Crippen molar-refractivity contribution in [3.8, 4) is 0 Å². The van der Waals surface area contributed by atoms with Gasteiger partial charge in [0, 0.05) is 38.8 Å². The number of guanidine groups is 1. The number of aryl methyl sites for hydroxylation is 1. The molecule has 2 N–H and O–H groups in total. The highest BCUT2D eigenvalue weighted by Crippen LogP contribution is 2.22. The van der Waals surface area contributed by atoms with Crippen LogP contribution in [0.3, 0.4) is 0 Å². The molecule has 0 aliphatic rings. The van der Waals surface area contributed by atoms with E-state index < -0.39 is 0 Å². The van der Waals surface area contributed by atoms with E-state index >= 15 is 0 Å². The second-order valence-corrected chi connectivity index (χ2v) is 6.95. The number of aliphatic imine (C=N–C) groups is 1. The van der Waals surface area contributed by atoms with Crippen LogP contribution >= 0.6 is 24.0 Å². The van der Waals surface area contributed by atoms with Crippen LogP contribution in [0.2, 0.25) is 0 Å². The van der Waals surface area contributed by atoms with E-state index in [0.29, 0.717) is 25.0 Å². The lowest BCUT2D eigenvalue weighted by molar-refractivity contribution is 0.145. The van der Waals surface area contributed by atoms with Crippen molar-refractivity contribution in [3.05, 3.63) is 29.2 Å². The topological polar surface area (TPSA) is 102 Å². The molecule has 9 nitrogen and oxygen atoms in total. The normalized spacial score (nSPS) is 11.6. The summed E-state index contributed by atoms with van der Waals surface area (Å²) in [5.41, 5.74) is 1.02. The molecule has 0 aliphatic carbocycles. The van der Waals surface area contributed by atoms with Crippen LogP contribution in [-0.2, 0) is 24.9 Å². The minimum Gasteiger partial charge on any atom is -0.382 e. The number of rotatable bonds is 12. The summed E-state index contributed by atoms with van der Waals surface area (Å²) in [6.07, 6.45) is 3.01. The van der Waals surface area contributed by atoms with Crippen LogP contribution in [0.25, 0.3) is 0 Å². The highest BCUT2D eigenvalue weighted by molar-refractivity contribution is 14.0. The first-order valence-corrected chi connectivity index (χ1v) is 10.5. The Kier molecular flexibility index (Phi) is 12.6. The van der Waals surface area contributed by atoms with E-state index in [2.05, 4.69) is 44.8 Å². The molecule has 0 unspecified atom stereocenters. The summed E-state index contributed by atoms with van der Waals surface area (Å²) in [5, 5.41) is 19.1. The molecule has 10 heteroatoms.